The Morgan fingerprint density at radius 2 is 1.93 bits per heavy atom. The first kappa shape index (κ1) is 22.5. The molecule has 1 fully saturated rings. The number of benzene rings is 1. The number of ether oxygens (including phenoxy) is 1. The Morgan fingerprint density at radius 3 is 2.60 bits per heavy atom. The SMILES string of the molecule is Cc1ccc(CCC(=O)NCC(=O)N(C)C[C@@H](c2cccs2)N2CCOCC2)cc1. The van der Waals surface area contributed by atoms with Crippen LogP contribution in [0.25, 0.3) is 0 Å². The summed E-state index contributed by atoms with van der Waals surface area (Å²) in [6.07, 6.45) is 1.05. The molecule has 0 saturated carbocycles. The molecule has 0 unspecified atom stereocenters. The Hall–Kier alpha value is -2.22. The highest BCUT2D eigenvalue weighted by Gasteiger charge is 2.26. The van der Waals surface area contributed by atoms with Gasteiger partial charge in [0, 0.05) is 38.0 Å². The summed E-state index contributed by atoms with van der Waals surface area (Å²) in [6.45, 7) is 5.83. The predicted molar refractivity (Wildman–Crippen MR) is 120 cm³/mol. The third-order valence-electron chi connectivity index (χ3n) is 5.43. The van der Waals surface area contributed by atoms with Crippen LogP contribution in [0.3, 0.4) is 0 Å². The molecule has 0 spiro atoms. The summed E-state index contributed by atoms with van der Waals surface area (Å²) in [7, 11) is 1.81. The van der Waals surface area contributed by atoms with E-state index in [-0.39, 0.29) is 24.4 Å². The van der Waals surface area contributed by atoms with Crippen LogP contribution in [0.5, 0.6) is 0 Å². The Morgan fingerprint density at radius 1 is 1.20 bits per heavy atom. The van der Waals surface area contributed by atoms with Gasteiger partial charge < -0.3 is 15.0 Å². The monoisotopic (exact) mass is 429 g/mol. The van der Waals surface area contributed by atoms with Crippen LogP contribution in [0.15, 0.2) is 41.8 Å². The summed E-state index contributed by atoms with van der Waals surface area (Å²) < 4.78 is 5.48. The van der Waals surface area contributed by atoms with E-state index in [4.69, 9.17) is 4.74 Å². The molecule has 0 aliphatic carbocycles. The van der Waals surface area contributed by atoms with Crippen LogP contribution in [-0.2, 0) is 20.7 Å². The average Bonchev–Trinajstić information content (AvgIpc) is 3.30. The number of thiophene rings is 1. The van der Waals surface area contributed by atoms with Crippen molar-refractivity contribution in [1.82, 2.24) is 15.1 Å². The molecule has 3 rings (SSSR count). The largest absolute Gasteiger partial charge is 0.379 e. The number of nitrogens with zero attached hydrogens (tertiary/aromatic N) is 2. The molecule has 6 nitrogen and oxygen atoms in total. The van der Waals surface area contributed by atoms with Crippen molar-refractivity contribution < 1.29 is 14.3 Å². The van der Waals surface area contributed by atoms with Gasteiger partial charge in [0.2, 0.25) is 11.8 Å². The second-order valence-corrected chi connectivity index (χ2v) is 8.70. The smallest absolute Gasteiger partial charge is 0.241 e. The molecule has 162 valence electrons. The van der Waals surface area contributed by atoms with E-state index in [1.54, 1.807) is 16.2 Å². The molecule has 30 heavy (non-hydrogen) atoms. The molecule has 1 aliphatic rings. The van der Waals surface area contributed by atoms with Gasteiger partial charge in [-0.05, 0) is 30.4 Å². The molecule has 1 atom stereocenters. The van der Waals surface area contributed by atoms with Gasteiger partial charge in [0.25, 0.3) is 0 Å². The lowest BCUT2D eigenvalue weighted by Gasteiger charge is -2.36. The van der Waals surface area contributed by atoms with Crippen LogP contribution < -0.4 is 5.32 Å². The summed E-state index contributed by atoms with van der Waals surface area (Å²) in [5, 5.41) is 4.84. The van der Waals surface area contributed by atoms with Crippen molar-refractivity contribution in [3.63, 3.8) is 0 Å². The molecule has 2 amide bonds. The molecule has 1 N–H and O–H groups in total. The Kier molecular flexibility index (Phi) is 8.42. The second-order valence-electron chi connectivity index (χ2n) is 7.72. The number of hydrogen-bond donors (Lipinski definition) is 1. The quantitative estimate of drug-likeness (QED) is 0.666. The van der Waals surface area contributed by atoms with E-state index in [0.29, 0.717) is 19.4 Å². The molecule has 2 aromatic rings. The number of aryl methyl sites for hydroxylation is 2. The van der Waals surface area contributed by atoms with Crippen LogP contribution >= 0.6 is 11.3 Å². The van der Waals surface area contributed by atoms with Crippen molar-refractivity contribution in [1.29, 1.82) is 0 Å². The van der Waals surface area contributed by atoms with E-state index in [0.717, 1.165) is 31.9 Å². The molecule has 7 heteroatoms. The molecule has 1 aromatic carbocycles. The molecule has 1 aromatic heterocycles. The summed E-state index contributed by atoms with van der Waals surface area (Å²) in [4.78, 5) is 30.1. The summed E-state index contributed by atoms with van der Waals surface area (Å²) in [5.74, 6) is -0.172. The fraction of sp³-hybridized carbons (Fsp3) is 0.478. The summed E-state index contributed by atoms with van der Waals surface area (Å²) in [6, 6.07) is 12.5. The van der Waals surface area contributed by atoms with E-state index < -0.39 is 0 Å². The van der Waals surface area contributed by atoms with Crippen molar-refractivity contribution in [2.75, 3.05) is 46.4 Å². The van der Waals surface area contributed by atoms with E-state index in [1.165, 1.54) is 10.4 Å². The van der Waals surface area contributed by atoms with Crippen molar-refractivity contribution >= 4 is 23.2 Å². The normalized spacial score (nSPS) is 15.5. The summed E-state index contributed by atoms with van der Waals surface area (Å²) >= 11 is 1.71. The van der Waals surface area contributed by atoms with Crippen molar-refractivity contribution in [3.05, 3.63) is 57.8 Å². The third kappa shape index (κ3) is 6.65. The maximum Gasteiger partial charge on any atom is 0.241 e. The van der Waals surface area contributed by atoms with Crippen LogP contribution in [0.2, 0.25) is 0 Å². The van der Waals surface area contributed by atoms with Gasteiger partial charge in [-0.3, -0.25) is 14.5 Å². The number of hydrogen-bond acceptors (Lipinski definition) is 5. The molecule has 0 bridgehead atoms. The van der Waals surface area contributed by atoms with Gasteiger partial charge in [-0.1, -0.05) is 35.9 Å². The molecule has 2 heterocycles. The van der Waals surface area contributed by atoms with Crippen LogP contribution in [-0.4, -0.2) is 68.1 Å². The minimum absolute atomic E-state index is 0.0313. The minimum atomic E-state index is -0.0969. The van der Waals surface area contributed by atoms with E-state index in [9.17, 15) is 9.59 Å². The fourth-order valence-electron chi connectivity index (χ4n) is 3.53. The standard InChI is InChI=1S/C23H31N3O3S/c1-18-5-7-19(8-6-18)9-10-22(27)24-16-23(28)25(2)17-20(21-4-3-15-30-21)26-11-13-29-14-12-26/h3-8,15,20H,9-14,16-17H2,1-2H3,(H,24,27)/t20-/m0/s1. The highest BCUT2D eigenvalue weighted by molar-refractivity contribution is 7.10. The fourth-order valence-corrected chi connectivity index (χ4v) is 4.38. The van der Waals surface area contributed by atoms with E-state index in [2.05, 4.69) is 21.7 Å². The van der Waals surface area contributed by atoms with Crippen LogP contribution in [0.1, 0.15) is 28.5 Å². The number of rotatable bonds is 9. The maximum absolute atomic E-state index is 12.6. The van der Waals surface area contributed by atoms with Crippen LogP contribution in [0, 0.1) is 6.92 Å². The van der Waals surface area contributed by atoms with E-state index >= 15 is 0 Å². The van der Waals surface area contributed by atoms with Crippen molar-refractivity contribution in [3.8, 4) is 0 Å². The molecule has 1 aliphatic heterocycles. The molecule has 1 saturated heterocycles. The zero-order valence-corrected chi connectivity index (χ0v) is 18.6. The molecular weight excluding hydrogens is 398 g/mol. The number of carbonyl (C=O) groups is 2. The highest BCUT2D eigenvalue weighted by atomic mass is 32.1. The molecule has 0 radical (unpaired) electrons. The van der Waals surface area contributed by atoms with Gasteiger partial charge in [0.1, 0.15) is 0 Å². The lowest BCUT2D eigenvalue weighted by atomic mass is 10.1. The Balaban J connectivity index is 1.46. The van der Waals surface area contributed by atoms with Crippen LogP contribution in [0.4, 0.5) is 0 Å². The van der Waals surface area contributed by atoms with E-state index in [1.807, 2.05) is 44.3 Å². The molecular formula is C23H31N3O3S. The first-order chi connectivity index (χ1) is 14.5. The first-order valence-corrected chi connectivity index (χ1v) is 11.3. The average molecular weight is 430 g/mol. The first-order valence-electron chi connectivity index (χ1n) is 10.4. The third-order valence-corrected chi connectivity index (χ3v) is 6.40. The lowest BCUT2D eigenvalue weighted by Crippen LogP contribution is -2.46. The van der Waals surface area contributed by atoms with Gasteiger partial charge in [-0.25, -0.2) is 0 Å². The van der Waals surface area contributed by atoms with Gasteiger partial charge >= 0.3 is 0 Å². The Labute approximate surface area is 182 Å². The Bertz CT molecular complexity index is 802. The number of amides is 2. The highest BCUT2D eigenvalue weighted by Crippen LogP contribution is 2.26. The van der Waals surface area contributed by atoms with Crippen molar-refractivity contribution in [2.45, 2.75) is 25.8 Å². The lowest BCUT2D eigenvalue weighted by molar-refractivity contribution is -0.132. The minimum Gasteiger partial charge on any atom is -0.379 e. The van der Waals surface area contributed by atoms with Gasteiger partial charge in [-0.2, -0.15) is 0 Å². The maximum atomic E-state index is 12.6. The predicted octanol–water partition coefficient (Wildman–Crippen LogP) is 2.64. The number of carbonyl (C=O) groups excluding carboxylic acids is 2. The van der Waals surface area contributed by atoms with Gasteiger partial charge in [-0.15, -0.1) is 11.3 Å². The number of nitrogens with one attached hydrogen (secondary N) is 1. The topological polar surface area (TPSA) is 61.9 Å². The van der Waals surface area contributed by atoms with Gasteiger partial charge in [0.05, 0.1) is 25.8 Å². The summed E-state index contributed by atoms with van der Waals surface area (Å²) in [5.41, 5.74) is 2.33. The zero-order chi connectivity index (χ0) is 21.3. The van der Waals surface area contributed by atoms with Gasteiger partial charge in [0.15, 0.2) is 0 Å². The second kappa shape index (κ2) is 11.2. The zero-order valence-electron chi connectivity index (χ0n) is 17.8. The number of likely N-dealkylation sites (N-methyl/N-ethyl adjacent to an activating group) is 1. The number of morpholine rings is 1. The van der Waals surface area contributed by atoms with Crippen molar-refractivity contribution in [2.24, 2.45) is 0 Å².